The Morgan fingerprint density at radius 1 is 1.28 bits per heavy atom. The zero-order chi connectivity index (χ0) is 13.3. The maximum absolute atomic E-state index is 13.1. The number of rotatable bonds is 3. The fourth-order valence-electron chi connectivity index (χ4n) is 1.74. The number of aromatic nitrogens is 2. The molecule has 0 bridgehead atoms. The van der Waals surface area contributed by atoms with Gasteiger partial charge in [-0.2, -0.15) is 0 Å². The van der Waals surface area contributed by atoms with Gasteiger partial charge in [-0.15, -0.1) is 0 Å². The van der Waals surface area contributed by atoms with Crippen LogP contribution in [0.25, 0.3) is 0 Å². The average molecular weight is 252 g/mol. The smallest absolute Gasteiger partial charge is 0.159 e. The van der Waals surface area contributed by atoms with Gasteiger partial charge in [-0.25, -0.2) is 13.8 Å². The lowest BCUT2D eigenvalue weighted by atomic mass is 10.1. The van der Waals surface area contributed by atoms with Gasteiger partial charge in [-0.1, -0.05) is 6.07 Å². The van der Waals surface area contributed by atoms with Gasteiger partial charge in [0.15, 0.2) is 11.6 Å². The van der Waals surface area contributed by atoms with Crippen molar-refractivity contribution in [1.82, 2.24) is 9.55 Å². The molecule has 0 radical (unpaired) electrons. The Morgan fingerprint density at radius 3 is 2.56 bits per heavy atom. The molecule has 0 aliphatic carbocycles. The number of nitrogens with zero attached hydrogens (tertiary/aromatic N) is 2. The van der Waals surface area contributed by atoms with Crippen LogP contribution in [0.2, 0.25) is 0 Å². The van der Waals surface area contributed by atoms with Crippen LogP contribution in [0.1, 0.15) is 23.1 Å². The van der Waals surface area contributed by atoms with Crippen molar-refractivity contribution in [3.8, 4) is 0 Å². The van der Waals surface area contributed by atoms with E-state index in [0.29, 0.717) is 5.56 Å². The third-order valence-electron chi connectivity index (χ3n) is 3.04. The van der Waals surface area contributed by atoms with Gasteiger partial charge in [-0.3, -0.25) is 0 Å². The van der Waals surface area contributed by atoms with Crippen molar-refractivity contribution in [3.05, 3.63) is 53.1 Å². The zero-order valence-electron chi connectivity index (χ0n) is 10.2. The second-order valence-electron chi connectivity index (χ2n) is 4.26. The highest BCUT2D eigenvalue weighted by Crippen LogP contribution is 2.19. The Labute approximate surface area is 104 Å². The van der Waals surface area contributed by atoms with Crippen LogP contribution >= 0.6 is 0 Å². The Morgan fingerprint density at radius 2 is 2.00 bits per heavy atom. The summed E-state index contributed by atoms with van der Waals surface area (Å²) in [6, 6.07) is 3.40. The van der Waals surface area contributed by atoms with Crippen LogP contribution < -0.4 is 0 Å². The van der Waals surface area contributed by atoms with E-state index in [1.165, 1.54) is 6.07 Å². The van der Waals surface area contributed by atoms with Crippen molar-refractivity contribution in [2.75, 3.05) is 0 Å². The Hall–Kier alpha value is -1.75. The van der Waals surface area contributed by atoms with Crippen LogP contribution in [0.15, 0.2) is 24.5 Å². The molecule has 0 aliphatic heterocycles. The molecule has 1 unspecified atom stereocenters. The summed E-state index contributed by atoms with van der Waals surface area (Å²) in [5.74, 6) is -1.87. The van der Waals surface area contributed by atoms with E-state index >= 15 is 0 Å². The summed E-state index contributed by atoms with van der Waals surface area (Å²) in [7, 11) is 0. The molecular formula is C13H14F2N2O. The van der Waals surface area contributed by atoms with Crippen molar-refractivity contribution in [2.45, 2.75) is 26.5 Å². The van der Waals surface area contributed by atoms with Gasteiger partial charge in [0.1, 0.15) is 0 Å². The van der Waals surface area contributed by atoms with Gasteiger partial charge < -0.3 is 9.67 Å². The van der Waals surface area contributed by atoms with Gasteiger partial charge in [0.25, 0.3) is 0 Å². The van der Waals surface area contributed by atoms with E-state index in [1.807, 2.05) is 13.8 Å². The first-order valence-corrected chi connectivity index (χ1v) is 5.60. The third-order valence-corrected chi connectivity index (χ3v) is 3.04. The highest BCUT2D eigenvalue weighted by atomic mass is 19.2. The molecule has 5 heteroatoms. The highest BCUT2D eigenvalue weighted by molar-refractivity contribution is 5.20. The standard InChI is InChI=1S/C13H14F2N2O/c1-8-9(2)17(7-16-8)6-13(18)10-3-4-11(14)12(15)5-10/h3-5,7,13,18H,6H2,1-2H3. The topological polar surface area (TPSA) is 38.0 Å². The third kappa shape index (κ3) is 2.41. The molecule has 2 aromatic rings. The first kappa shape index (κ1) is 12.7. The molecule has 0 saturated carbocycles. The lowest BCUT2D eigenvalue weighted by molar-refractivity contribution is 0.155. The lowest BCUT2D eigenvalue weighted by Gasteiger charge is -2.13. The molecule has 1 aromatic heterocycles. The van der Waals surface area contributed by atoms with E-state index in [1.54, 1.807) is 10.9 Å². The quantitative estimate of drug-likeness (QED) is 0.911. The molecule has 96 valence electrons. The second kappa shape index (κ2) is 4.86. The fourth-order valence-corrected chi connectivity index (χ4v) is 1.74. The number of hydrogen-bond acceptors (Lipinski definition) is 2. The van der Waals surface area contributed by atoms with E-state index in [-0.39, 0.29) is 6.54 Å². The van der Waals surface area contributed by atoms with Gasteiger partial charge in [-0.05, 0) is 31.5 Å². The van der Waals surface area contributed by atoms with Crippen molar-refractivity contribution >= 4 is 0 Å². The molecule has 0 aliphatic rings. The molecule has 18 heavy (non-hydrogen) atoms. The number of aliphatic hydroxyl groups excluding tert-OH is 1. The van der Waals surface area contributed by atoms with E-state index in [0.717, 1.165) is 23.5 Å². The van der Waals surface area contributed by atoms with E-state index < -0.39 is 17.7 Å². The molecule has 0 amide bonds. The summed E-state index contributed by atoms with van der Waals surface area (Å²) < 4.78 is 27.6. The summed E-state index contributed by atoms with van der Waals surface area (Å²) in [6.07, 6.45) is 0.723. The van der Waals surface area contributed by atoms with Gasteiger partial charge in [0.05, 0.1) is 24.7 Å². The summed E-state index contributed by atoms with van der Waals surface area (Å²) in [5, 5.41) is 9.99. The summed E-state index contributed by atoms with van der Waals surface area (Å²) >= 11 is 0. The molecule has 1 heterocycles. The molecule has 1 atom stereocenters. The van der Waals surface area contributed by atoms with Crippen LogP contribution in [0.4, 0.5) is 8.78 Å². The second-order valence-corrected chi connectivity index (χ2v) is 4.26. The number of aryl methyl sites for hydroxylation is 1. The van der Waals surface area contributed by atoms with Crippen molar-refractivity contribution in [1.29, 1.82) is 0 Å². The van der Waals surface area contributed by atoms with Gasteiger partial charge in [0, 0.05) is 5.69 Å². The SMILES string of the molecule is Cc1ncn(CC(O)c2ccc(F)c(F)c2)c1C. The van der Waals surface area contributed by atoms with E-state index in [4.69, 9.17) is 0 Å². The minimum absolute atomic E-state index is 0.262. The maximum Gasteiger partial charge on any atom is 0.159 e. The van der Waals surface area contributed by atoms with Crippen molar-refractivity contribution in [3.63, 3.8) is 0 Å². The predicted octanol–water partition coefficient (Wildman–Crippen LogP) is 2.51. The number of imidazole rings is 1. The van der Waals surface area contributed by atoms with Gasteiger partial charge in [0.2, 0.25) is 0 Å². The Bertz CT molecular complexity index is 566. The predicted molar refractivity (Wildman–Crippen MR) is 63.0 cm³/mol. The molecule has 0 saturated heterocycles. The fraction of sp³-hybridized carbons (Fsp3) is 0.308. The summed E-state index contributed by atoms with van der Waals surface area (Å²) in [6.45, 7) is 4.02. The first-order chi connectivity index (χ1) is 8.49. The minimum atomic E-state index is -0.954. The zero-order valence-corrected chi connectivity index (χ0v) is 10.2. The molecule has 1 N–H and O–H groups in total. The minimum Gasteiger partial charge on any atom is -0.387 e. The Kier molecular flexibility index (Phi) is 3.43. The molecule has 3 nitrogen and oxygen atoms in total. The summed E-state index contributed by atoms with van der Waals surface area (Å²) in [5.41, 5.74) is 2.17. The van der Waals surface area contributed by atoms with E-state index in [2.05, 4.69) is 4.98 Å². The number of halogens is 2. The Balaban J connectivity index is 2.19. The number of benzene rings is 1. The monoisotopic (exact) mass is 252 g/mol. The molecule has 0 spiro atoms. The molecular weight excluding hydrogens is 238 g/mol. The molecule has 1 aromatic carbocycles. The van der Waals surface area contributed by atoms with Crippen LogP contribution in [-0.4, -0.2) is 14.7 Å². The van der Waals surface area contributed by atoms with Crippen molar-refractivity contribution < 1.29 is 13.9 Å². The van der Waals surface area contributed by atoms with Gasteiger partial charge >= 0.3 is 0 Å². The first-order valence-electron chi connectivity index (χ1n) is 5.60. The number of aliphatic hydroxyl groups is 1. The van der Waals surface area contributed by atoms with Crippen molar-refractivity contribution in [2.24, 2.45) is 0 Å². The summed E-state index contributed by atoms with van der Waals surface area (Å²) in [4.78, 5) is 4.11. The largest absolute Gasteiger partial charge is 0.387 e. The normalized spacial score (nSPS) is 12.7. The highest BCUT2D eigenvalue weighted by Gasteiger charge is 2.13. The average Bonchev–Trinajstić information content (AvgIpc) is 2.64. The van der Waals surface area contributed by atoms with E-state index in [9.17, 15) is 13.9 Å². The maximum atomic E-state index is 13.1. The van der Waals surface area contributed by atoms with Crippen LogP contribution in [0.3, 0.4) is 0 Å². The van der Waals surface area contributed by atoms with Crippen LogP contribution in [-0.2, 0) is 6.54 Å². The number of hydrogen-bond donors (Lipinski definition) is 1. The lowest BCUT2D eigenvalue weighted by Crippen LogP contribution is -2.09. The van der Waals surface area contributed by atoms with Crippen LogP contribution in [0.5, 0.6) is 0 Å². The molecule has 0 fully saturated rings. The van der Waals surface area contributed by atoms with Crippen LogP contribution in [0, 0.1) is 25.5 Å². The molecule has 2 rings (SSSR count).